The van der Waals surface area contributed by atoms with Gasteiger partial charge in [0.1, 0.15) is 6.07 Å². The van der Waals surface area contributed by atoms with Gasteiger partial charge in [-0.05, 0) is 37.5 Å². The molecule has 3 N–H and O–H groups in total. The zero-order valence-electron chi connectivity index (χ0n) is 9.52. The summed E-state index contributed by atoms with van der Waals surface area (Å²) in [6.07, 6.45) is 4.16. The Morgan fingerprint density at radius 3 is 2.94 bits per heavy atom. The van der Waals surface area contributed by atoms with Gasteiger partial charge in [-0.15, -0.1) is 0 Å². The molecular formula is C13H15N3O. The number of ether oxygens (including phenoxy) is 1. The fourth-order valence-electron chi connectivity index (χ4n) is 2.75. The number of hydrogen-bond donors (Lipinski definition) is 2. The molecule has 2 aliphatic rings. The van der Waals surface area contributed by atoms with Crippen molar-refractivity contribution in [1.82, 2.24) is 0 Å². The summed E-state index contributed by atoms with van der Waals surface area (Å²) in [7, 11) is 0. The molecule has 1 aromatic rings. The SMILES string of the molecule is N#Cc1cc(NC2CC3CCC2O3)ccc1N. The highest BCUT2D eigenvalue weighted by atomic mass is 16.5. The number of nitriles is 1. The maximum atomic E-state index is 8.93. The van der Waals surface area contributed by atoms with Crippen molar-refractivity contribution in [2.75, 3.05) is 11.1 Å². The third-order valence-corrected chi connectivity index (χ3v) is 3.63. The normalized spacial score (nSPS) is 30.2. The molecule has 0 amide bonds. The monoisotopic (exact) mass is 229 g/mol. The van der Waals surface area contributed by atoms with Crippen molar-refractivity contribution in [1.29, 1.82) is 5.26 Å². The highest BCUT2D eigenvalue weighted by Crippen LogP contribution is 2.36. The van der Waals surface area contributed by atoms with Crippen LogP contribution in [-0.2, 0) is 4.74 Å². The topological polar surface area (TPSA) is 71.1 Å². The van der Waals surface area contributed by atoms with Gasteiger partial charge in [0, 0.05) is 11.4 Å². The molecule has 0 aliphatic carbocycles. The van der Waals surface area contributed by atoms with Crippen LogP contribution in [0.1, 0.15) is 24.8 Å². The molecule has 2 bridgehead atoms. The van der Waals surface area contributed by atoms with E-state index in [1.54, 1.807) is 12.1 Å². The van der Waals surface area contributed by atoms with Gasteiger partial charge in [-0.25, -0.2) is 0 Å². The molecule has 3 unspecified atom stereocenters. The third-order valence-electron chi connectivity index (χ3n) is 3.63. The average molecular weight is 229 g/mol. The van der Waals surface area contributed by atoms with Crippen molar-refractivity contribution in [3.63, 3.8) is 0 Å². The van der Waals surface area contributed by atoms with Gasteiger partial charge in [-0.1, -0.05) is 0 Å². The van der Waals surface area contributed by atoms with Crippen LogP contribution in [0, 0.1) is 11.3 Å². The summed E-state index contributed by atoms with van der Waals surface area (Å²) in [5.41, 5.74) is 7.71. The largest absolute Gasteiger partial charge is 0.398 e. The molecule has 1 aromatic carbocycles. The van der Waals surface area contributed by atoms with Crippen molar-refractivity contribution in [2.45, 2.75) is 37.5 Å². The van der Waals surface area contributed by atoms with E-state index < -0.39 is 0 Å². The molecule has 0 radical (unpaired) electrons. The van der Waals surface area contributed by atoms with Crippen molar-refractivity contribution in [3.05, 3.63) is 23.8 Å². The minimum absolute atomic E-state index is 0.336. The highest BCUT2D eigenvalue weighted by molar-refractivity contribution is 5.62. The predicted molar refractivity (Wildman–Crippen MR) is 65.5 cm³/mol. The molecule has 0 spiro atoms. The lowest BCUT2D eigenvalue weighted by Gasteiger charge is -2.21. The average Bonchev–Trinajstić information content (AvgIpc) is 2.93. The van der Waals surface area contributed by atoms with E-state index in [2.05, 4.69) is 11.4 Å². The molecule has 0 aromatic heterocycles. The molecule has 2 heterocycles. The number of anilines is 2. The molecule has 2 saturated heterocycles. The Morgan fingerprint density at radius 2 is 2.29 bits per heavy atom. The van der Waals surface area contributed by atoms with Gasteiger partial charge < -0.3 is 15.8 Å². The first kappa shape index (κ1) is 10.4. The summed E-state index contributed by atoms with van der Waals surface area (Å²) >= 11 is 0. The first-order valence-corrected chi connectivity index (χ1v) is 5.98. The Balaban J connectivity index is 1.75. The lowest BCUT2D eigenvalue weighted by molar-refractivity contribution is 0.102. The molecule has 2 fully saturated rings. The van der Waals surface area contributed by atoms with Gasteiger partial charge in [-0.2, -0.15) is 5.26 Å². The van der Waals surface area contributed by atoms with E-state index in [1.807, 2.05) is 6.07 Å². The second-order valence-electron chi connectivity index (χ2n) is 4.77. The molecule has 88 valence electrons. The van der Waals surface area contributed by atoms with Gasteiger partial charge >= 0.3 is 0 Å². The standard InChI is InChI=1S/C13H15N3O/c14-7-8-5-9(1-3-11(8)15)16-12-6-10-2-4-13(12)17-10/h1,3,5,10,12-13,16H,2,4,6,15H2. The van der Waals surface area contributed by atoms with E-state index in [9.17, 15) is 0 Å². The second kappa shape index (κ2) is 3.94. The van der Waals surface area contributed by atoms with E-state index in [1.165, 1.54) is 6.42 Å². The van der Waals surface area contributed by atoms with Crippen LogP contribution in [0.25, 0.3) is 0 Å². The Hall–Kier alpha value is -1.73. The summed E-state index contributed by atoms with van der Waals surface area (Å²) in [6, 6.07) is 7.98. The second-order valence-corrected chi connectivity index (χ2v) is 4.77. The zero-order chi connectivity index (χ0) is 11.8. The molecular weight excluding hydrogens is 214 g/mol. The molecule has 0 saturated carbocycles. The summed E-state index contributed by atoms with van der Waals surface area (Å²) in [4.78, 5) is 0. The molecule has 2 aliphatic heterocycles. The molecule has 3 atom stereocenters. The Kier molecular flexibility index (Phi) is 2.41. The summed E-state index contributed by atoms with van der Waals surface area (Å²) in [6.45, 7) is 0. The van der Waals surface area contributed by atoms with Crippen LogP contribution in [0.5, 0.6) is 0 Å². The van der Waals surface area contributed by atoms with Crippen LogP contribution in [0.4, 0.5) is 11.4 Å². The Bertz CT molecular complexity index is 480. The van der Waals surface area contributed by atoms with Gasteiger partial charge in [0.25, 0.3) is 0 Å². The number of rotatable bonds is 2. The van der Waals surface area contributed by atoms with Crippen LogP contribution in [0.2, 0.25) is 0 Å². The summed E-state index contributed by atoms with van der Waals surface area (Å²) < 4.78 is 5.79. The fraction of sp³-hybridized carbons (Fsp3) is 0.462. The molecule has 3 rings (SSSR count). The van der Waals surface area contributed by atoms with Crippen molar-refractivity contribution in [2.24, 2.45) is 0 Å². The Labute approximate surface area is 100 Å². The zero-order valence-corrected chi connectivity index (χ0v) is 9.52. The highest BCUT2D eigenvalue weighted by Gasteiger charge is 2.40. The lowest BCUT2D eigenvalue weighted by atomic mass is 9.95. The van der Waals surface area contributed by atoms with Crippen LogP contribution < -0.4 is 11.1 Å². The maximum Gasteiger partial charge on any atom is 0.101 e. The summed E-state index contributed by atoms with van der Waals surface area (Å²) in [5, 5.41) is 12.4. The predicted octanol–water partition coefficient (Wildman–Crippen LogP) is 1.87. The van der Waals surface area contributed by atoms with Gasteiger partial charge in [-0.3, -0.25) is 0 Å². The number of fused-ring (bicyclic) bond motifs is 2. The molecule has 4 nitrogen and oxygen atoms in total. The van der Waals surface area contributed by atoms with Crippen LogP contribution in [0.3, 0.4) is 0 Å². The summed E-state index contributed by atoms with van der Waals surface area (Å²) in [5.74, 6) is 0. The van der Waals surface area contributed by atoms with Gasteiger partial charge in [0.2, 0.25) is 0 Å². The van der Waals surface area contributed by atoms with E-state index in [-0.39, 0.29) is 0 Å². The van der Waals surface area contributed by atoms with E-state index in [4.69, 9.17) is 15.7 Å². The van der Waals surface area contributed by atoms with Crippen molar-refractivity contribution >= 4 is 11.4 Å². The van der Waals surface area contributed by atoms with E-state index >= 15 is 0 Å². The molecule has 4 heteroatoms. The van der Waals surface area contributed by atoms with Crippen molar-refractivity contribution < 1.29 is 4.74 Å². The van der Waals surface area contributed by atoms with Crippen molar-refractivity contribution in [3.8, 4) is 6.07 Å². The van der Waals surface area contributed by atoms with Crippen LogP contribution in [-0.4, -0.2) is 18.2 Å². The number of hydrogen-bond acceptors (Lipinski definition) is 4. The first-order valence-electron chi connectivity index (χ1n) is 5.98. The number of nitrogens with zero attached hydrogens (tertiary/aromatic N) is 1. The van der Waals surface area contributed by atoms with E-state index in [0.29, 0.717) is 29.5 Å². The van der Waals surface area contributed by atoms with Crippen LogP contribution >= 0.6 is 0 Å². The quantitative estimate of drug-likeness (QED) is 0.759. The number of nitrogens with two attached hydrogens (primary N) is 1. The number of benzene rings is 1. The number of nitrogen functional groups attached to an aromatic ring is 1. The smallest absolute Gasteiger partial charge is 0.101 e. The maximum absolute atomic E-state index is 8.93. The lowest BCUT2D eigenvalue weighted by Crippen LogP contribution is -2.30. The fourth-order valence-corrected chi connectivity index (χ4v) is 2.75. The minimum Gasteiger partial charge on any atom is -0.398 e. The van der Waals surface area contributed by atoms with Gasteiger partial charge in [0.15, 0.2) is 0 Å². The van der Waals surface area contributed by atoms with Crippen LogP contribution in [0.15, 0.2) is 18.2 Å². The number of nitrogens with one attached hydrogen (secondary N) is 1. The first-order chi connectivity index (χ1) is 8.26. The van der Waals surface area contributed by atoms with Gasteiger partial charge in [0.05, 0.1) is 23.8 Å². The minimum atomic E-state index is 0.336. The third kappa shape index (κ3) is 1.83. The Morgan fingerprint density at radius 1 is 1.41 bits per heavy atom. The molecule has 17 heavy (non-hydrogen) atoms. The van der Waals surface area contributed by atoms with E-state index in [0.717, 1.165) is 18.5 Å².